The lowest BCUT2D eigenvalue weighted by atomic mass is 10.1. The van der Waals surface area contributed by atoms with Gasteiger partial charge in [-0.05, 0) is 18.2 Å². The Bertz CT molecular complexity index is 607. The van der Waals surface area contributed by atoms with E-state index in [2.05, 4.69) is 11.1 Å². The molecule has 0 amide bonds. The number of nitrogens with one attached hydrogen (secondary N) is 1. The Balaban J connectivity index is 2.19. The zero-order valence-electron chi connectivity index (χ0n) is 8.50. The van der Waals surface area contributed by atoms with Gasteiger partial charge in [0.25, 0.3) is 0 Å². The zero-order valence-corrected chi connectivity index (χ0v) is 8.50. The molecule has 77 valence electrons. The molecule has 1 aromatic heterocycles. The summed E-state index contributed by atoms with van der Waals surface area (Å²) < 4.78 is 13.1. The van der Waals surface area contributed by atoms with Gasteiger partial charge in [0.1, 0.15) is 5.82 Å². The molecule has 2 aromatic carbocycles. The molecule has 0 spiro atoms. The molecule has 0 fully saturated rings. The number of fused-ring (bicyclic) bond motifs is 1. The smallest absolute Gasteiger partial charge is 0.123 e. The summed E-state index contributed by atoms with van der Waals surface area (Å²) in [4.78, 5) is 3.22. The largest absolute Gasteiger partial charge is 0.354 e. The summed E-state index contributed by atoms with van der Waals surface area (Å²) in [5.41, 5.74) is 2.65. The lowest BCUT2D eigenvalue weighted by Gasteiger charge is -1.96. The predicted molar refractivity (Wildman–Crippen MR) is 62.5 cm³/mol. The number of para-hydroxylation sites is 1. The summed E-state index contributed by atoms with van der Waals surface area (Å²) in [5.74, 6) is -0.232. The van der Waals surface area contributed by atoms with E-state index in [0.717, 1.165) is 22.2 Å². The van der Waals surface area contributed by atoms with Gasteiger partial charge < -0.3 is 4.98 Å². The van der Waals surface area contributed by atoms with Crippen LogP contribution < -0.4 is 0 Å². The first-order valence-electron chi connectivity index (χ1n) is 5.09. The number of H-pyrrole nitrogens is 1. The molecule has 0 aliphatic rings. The lowest BCUT2D eigenvalue weighted by molar-refractivity contribution is 0.628. The third-order valence-corrected chi connectivity index (χ3v) is 2.56. The third-order valence-electron chi connectivity index (χ3n) is 2.56. The van der Waals surface area contributed by atoms with Gasteiger partial charge in [-0.25, -0.2) is 4.39 Å². The van der Waals surface area contributed by atoms with Gasteiger partial charge in [-0.15, -0.1) is 0 Å². The van der Waals surface area contributed by atoms with Crippen molar-refractivity contribution < 1.29 is 4.39 Å². The van der Waals surface area contributed by atoms with E-state index in [0.29, 0.717) is 0 Å². The maximum Gasteiger partial charge on any atom is 0.123 e. The van der Waals surface area contributed by atoms with Crippen molar-refractivity contribution in [1.82, 2.24) is 4.98 Å². The first kappa shape index (κ1) is 9.16. The molecule has 0 bridgehead atoms. The number of halogens is 1. The molecule has 0 saturated heterocycles. The Hall–Kier alpha value is -2.09. The van der Waals surface area contributed by atoms with Crippen LogP contribution in [0, 0.1) is 11.9 Å². The maximum absolute atomic E-state index is 13.1. The topological polar surface area (TPSA) is 15.8 Å². The number of hydrogen-bond acceptors (Lipinski definition) is 0. The monoisotopic (exact) mass is 210 g/mol. The van der Waals surface area contributed by atoms with Crippen molar-refractivity contribution in [2.75, 3.05) is 0 Å². The fraction of sp³-hybridized carbons (Fsp3) is 0. The highest BCUT2D eigenvalue weighted by Crippen LogP contribution is 2.23. The Labute approximate surface area is 92.5 Å². The molecule has 1 N–H and O–H groups in total. The average molecular weight is 210 g/mol. The van der Waals surface area contributed by atoms with Crippen molar-refractivity contribution in [3.63, 3.8) is 0 Å². The summed E-state index contributed by atoms with van der Waals surface area (Å²) in [6.07, 6.45) is 0. The van der Waals surface area contributed by atoms with Gasteiger partial charge in [0.15, 0.2) is 0 Å². The van der Waals surface area contributed by atoms with Gasteiger partial charge in [-0.3, -0.25) is 0 Å². The second-order valence-corrected chi connectivity index (χ2v) is 3.68. The van der Waals surface area contributed by atoms with E-state index in [1.165, 1.54) is 12.1 Å². The Morgan fingerprint density at radius 1 is 1.00 bits per heavy atom. The summed E-state index contributed by atoms with van der Waals surface area (Å²) in [5, 5.41) is 1.02. The molecule has 0 atom stereocenters. The SMILES string of the molecule is Fc1cccc(-c2[c]c3ccccc3[nH]2)c1. The van der Waals surface area contributed by atoms with Crippen molar-refractivity contribution in [3.8, 4) is 11.3 Å². The average Bonchev–Trinajstić information content (AvgIpc) is 2.72. The molecule has 0 unspecified atom stereocenters. The zero-order chi connectivity index (χ0) is 11.0. The van der Waals surface area contributed by atoms with E-state index < -0.39 is 0 Å². The standard InChI is InChI=1S/C14H9FN/c15-12-6-3-5-10(8-12)14-9-11-4-1-2-7-13(11)16-14/h1-8,16H. The molecule has 0 aliphatic heterocycles. The van der Waals surface area contributed by atoms with Crippen molar-refractivity contribution in [2.45, 2.75) is 0 Å². The van der Waals surface area contributed by atoms with Crippen molar-refractivity contribution in [1.29, 1.82) is 0 Å². The fourth-order valence-corrected chi connectivity index (χ4v) is 1.79. The molecule has 0 saturated carbocycles. The molecule has 0 aliphatic carbocycles. The molecular formula is C14H9FN. The van der Waals surface area contributed by atoms with Crippen LogP contribution in [0.4, 0.5) is 4.39 Å². The third kappa shape index (κ3) is 1.48. The first-order chi connectivity index (χ1) is 7.83. The summed E-state index contributed by atoms with van der Waals surface area (Å²) in [7, 11) is 0. The Morgan fingerprint density at radius 3 is 2.69 bits per heavy atom. The quantitative estimate of drug-likeness (QED) is 0.629. The number of benzene rings is 2. The van der Waals surface area contributed by atoms with E-state index in [4.69, 9.17) is 0 Å². The van der Waals surface area contributed by atoms with Crippen LogP contribution in [0.2, 0.25) is 0 Å². The summed E-state index contributed by atoms with van der Waals surface area (Å²) >= 11 is 0. The minimum atomic E-state index is -0.232. The van der Waals surface area contributed by atoms with Crippen LogP contribution in [0.5, 0.6) is 0 Å². The van der Waals surface area contributed by atoms with Crippen LogP contribution in [0.3, 0.4) is 0 Å². The van der Waals surface area contributed by atoms with E-state index in [1.807, 2.05) is 30.3 Å². The second-order valence-electron chi connectivity index (χ2n) is 3.68. The van der Waals surface area contributed by atoms with E-state index in [-0.39, 0.29) is 5.82 Å². The van der Waals surface area contributed by atoms with Crippen molar-refractivity contribution in [3.05, 3.63) is 60.4 Å². The van der Waals surface area contributed by atoms with Gasteiger partial charge in [0.2, 0.25) is 0 Å². The van der Waals surface area contributed by atoms with Crippen LogP contribution in [-0.4, -0.2) is 4.98 Å². The van der Waals surface area contributed by atoms with Gasteiger partial charge in [-0.1, -0.05) is 30.3 Å². The molecule has 3 rings (SSSR count). The van der Waals surface area contributed by atoms with Crippen LogP contribution in [0.15, 0.2) is 48.5 Å². The maximum atomic E-state index is 13.1. The first-order valence-corrected chi connectivity index (χ1v) is 5.09. The van der Waals surface area contributed by atoms with E-state index in [9.17, 15) is 4.39 Å². The van der Waals surface area contributed by atoms with Crippen LogP contribution in [0.25, 0.3) is 22.2 Å². The molecule has 3 aromatic rings. The van der Waals surface area contributed by atoms with Gasteiger partial charge >= 0.3 is 0 Å². The molecular weight excluding hydrogens is 201 g/mol. The van der Waals surface area contributed by atoms with Gasteiger partial charge in [0.05, 0.1) is 5.69 Å². The van der Waals surface area contributed by atoms with Crippen LogP contribution >= 0.6 is 0 Å². The highest BCUT2D eigenvalue weighted by Gasteiger charge is 2.03. The Morgan fingerprint density at radius 2 is 1.88 bits per heavy atom. The lowest BCUT2D eigenvalue weighted by Crippen LogP contribution is -1.79. The number of rotatable bonds is 1. The van der Waals surface area contributed by atoms with E-state index >= 15 is 0 Å². The molecule has 1 nitrogen and oxygen atoms in total. The van der Waals surface area contributed by atoms with Gasteiger partial charge in [-0.2, -0.15) is 0 Å². The van der Waals surface area contributed by atoms with Crippen LogP contribution in [-0.2, 0) is 0 Å². The highest BCUT2D eigenvalue weighted by molar-refractivity contribution is 5.84. The van der Waals surface area contributed by atoms with Crippen LogP contribution in [0.1, 0.15) is 0 Å². The van der Waals surface area contributed by atoms with Crippen molar-refractivity contribution >= 4 is 10.9 Å². The molecule has 1 heterocycles. The number of hydrogen-bond donors (Lipinski definition) is 1. The normalized spacial score (nSPS) is 10.8. The Kier molecular flexibility index (Phi) is 2.00. The number of aromatic nitrogens is 1. The highest BCUT2D eigenvalue weighted by atomic mass is 19.1. The number of aromatic amines is 1. The minimum absolute atomic E-state index is 0.232. The summed E-state index contributed by atoms with van der Waals surface area (Å²) in [6.45, 7) is 0. The van der Waals surface area contributed by atoms with E-state index in [1.54, 1.807) is 6.07 Å². The summed E-state index contributed by atoms with van der Waals surface area (Å²) in [6, 6.07) is 17.6. The predicted octanol–water partition coefficient (Wildman–Crippen LogP) is 3.77. The minimum Gasteiger partial charge on any atom is -0.354 e. The molecule has 2 heteroatoms. The fourth-order valence-electron chi connectivity index (χ4n) is 1.79. The van der Waals surface area contributed by atoms with Crippen molar-refractivity contribution in [2.24, 2.45) is 0 Å². The molecule has 1 radical (unpaired) electrons. The van der Waals surface area contributed by atoms with Gasteiger partial charge in [0, 0.05) is 22.5 Å². The second kappa shape index (κ2) is 3.49. The molecule has 16 heavy (non-hydrogen) atoms.